The largest absolute Gasteiger partial charge is 0.472 e. The molecule has 74 heavy (non-hydrogen) atoms. The number of carbonyl (C=O) groups excluding carboxylic acids is 2. The Hall–Kier alpha value is -4.63. The van der Waals surface area contributed by atoms with E-state index < -0.39 is 32.5 Å². The molecule has 0 bridgehead atoms. The highest BCUT2D eigenvalue weighted by Crippen LogP contribution is 2.43. The van der Waals surface area contributed by atoms with Crippen LogP contribution in [-0.4, -0.2) is 74.9 Å². The number of nitrogens with zero attached hydrogens (tertiary/aromatic N) is 1. The summed E-state index contributed by atoms with van der Waals surface area (Å²) in [7, 11) is 1.40. The van der Waals surface area contributed by atoms with Gasteiger partial charge in [-0.15, -0.1) is 0 Å². The van der Waals surface area contributed by atoms with E-state index in [1.165, 1.54) is 0 Å². The molecule has 2 atom stereocenters. The van der Waals surface area contributed by atoms with Gasteiger partial charge < -0.3 is 18.9 Å². The van der Waals surface area contributed by atoms with Gasteiger partial charge in [0.2, 0.25) is 0 Å². The van der Waals surface area contributed by atoms with Crippen LogP contribution in [0.25, 0.3) is 0 Å². The minimum absolute atomic E-state index is 0.00614. The summed E-state index contributed by atoms with van der Waals surface area (Å²) in [6.45, 7) is 4.07. The van der Waals surface area contributed by atoms with Gasteiger partial charge in [-0.25, -0.2) is 4.57 Å². The molecule has 0 aliphatic heterocycles. The number of esters is 2. The third-order valence-electron chi connectivity index (χ3n) is 10.7. The van der Waals surface area contributed by atoms with Crippen LogP contribution in [-0.2, 0) is 32.7 Å². The van der Waals surface area contributed by atoms with Crippen molar-refractivity contribution in [1.29, 1.82) is 0 Å². The van der Waals surface area contributed by atoms with Gasteiger partial charge in [-0.2, -0.15) is 0 Å². The van der Waals surface area contributed by atoms with Crippen LogP contribution >= 0.6 is 7.82 Å². The first-order chi connectivity index (χ1) is 36.0. The smallest absolute Gasteiger partial charge is 0.462 e. The van der Waals surface area contributed by atoms with Crippen molar-refractivity contribution < 1.29 is 42.1 Å². The molecule has 0 saturated heterocycles. The van der Waals surface area contributed by atoms with Crippen molar-refractivity contribution in [2.75, 3.05) is 47.5 Å². The van der Waals surface area contributed by atoms with Gasteiger partial charge in [0.25, 0.3) is 0 Å². The molecule has 0 heterocycles. The molecule has 414 valence electrons. The second-order valence-electron chi connectivity index (χ2n) is 18.8. The Morgan fingerprint density at radius 3 is 1.12 bits per heavy atom. The lowest BCUT2D eigenvalue weighted by Gasteiger charge is -2.24. The number of hydrogen-bond donors (Lipinski definition) is 1. The van der Waals surface area contributed by atoms with Gasteiger partial charge >= 0.3 is 19.8 Å². The Labute approximate surface area is 451 Å². The molecule has 0 aliphatic rings. The Bertz CT molecular complexity index is 1850. The Kier molecular flexibility index (Phi) is 49.9. The van der Waals surface area contributed by atoms with Crippen molar-refractivity contribution in [2.24, 2.45) is 0 Å². The molecule has 0 fully saturated rings. The van der Waals surface area contributed by atoms with E-state index in [1.807, 2.05) is 27.2 Å². The van der Waals surface area contributed by atoms with E-state index in [-0.39, 0.29) is 26.1 Å². The van der Waals surface area contributed by atoms with Gasteiger partial charge in [-0.3, -0.25) is 18.6 Å². The molecule has 0 radical (unpaired) electrons. The molecule has 9 nitrogen and oxygen atoms in total. The Balaban J connectivity index is 4.41. The normalized spacial score (nSPS) is 14.6. The third kappa shape index (κ3) is 56.7. The fourth-order valence-corrected chi connectivity index (χ4v) is 7.25. The standard InChI is InChI=1S/C64H100NO8P/c1-6-8-10-12-14-16-18-20-22-24-26-28-29-30-31-32-33-34-35-37-39-41-43-45-47-49-51-53-55-57-64(67)73-62(61-72-74(68,69)71-59-58-65(3,4)5)60-70-63(66)56-54-52-50-48-46-44-42-40-38-36-27-25-23-21-19-17-15-13-11-9-7-2/h8-11,14-17,20-23,26-28,30-31,33-34,36-37,39-40,42-43,45,49,51,62H,6-7,12-13,18-19,24-25,29,32,35,38,41,44,46-48,50,52-61H2,1-5H3/p+1/b10-8-,11-9-,16-14-,17-15-,22-20-,23-21-,28-26-,31-30-,34-33-,36-27-,39-37-,42-40-,45-43-,51-49-. The molecular weight excluding hydrogens is 942 g/mol. The molecule has 0 aliphatic carbocycles. The van der Waals surface area contributed by atoms with Crippen LogP contribution in [0.4, 0.5) is 0 Å². The zero-order valence-electron chi connectivity index (χ0n) is 46.7. The quantitative estimate of drug-likeness (QED) is 0.0211. The second-order valence-corrected chi connectivity index (χ2v) is 20.3. The monoisotopic (exact) mass is 1040 g/mol. The topological polar surface area (TPSA) is 108 Å². The van der Waals surface area contributed by atoms with E-state index in [4.69, 9.17) is 18.5 Å². The van der Waals surface area contributed by atoms with Gasteiger partial charge in [-0.1, -0.05) is 203 Å². The lowest BCUT2D eigenvalue weighted by atomic mass is 10.1. The van der Waals surface area contributed by atoms with Crippen LogP contribution in [0.15, 0.2) is 170 Å². The molecule has 0 aromatic carbocycles. The molecule has 0 rings (SSSR count). The van der Waals surface area contributed by atoms with E-state index in [2.05, 4.69) is 178 Å². The summed E-state index contributed by atoms with van der Waals surface area (Å²) in [4.78, 5) is 35.6. The minimum atomic E-state index is -4.42. The fourth-order valence-electron chi connectivity index (χ4n) is 6.51. The number of phosphoric ester groups is 1. The van der Waals surface area contributed by atoms with Crippen molar-refractivity contribution in [3.8, 4) is 0 Å². The predicted molar refractivity (Wildman–Crippen MR) is 316 cm³/mol. The highest BCUT2D eigenvalue weighted by atomic mass is 31.2. The van der Waals surface area contributed by atoms with Gasteiger partial charge in [0.05, 0.1) is 27.7 Å². The number of carbonyl (C=O) groups is 2. The van der Waals surface area contributed by atoms with Gasteiger partial charge in [0, 0.05) is 12.8 Å². The van der Waals surface area contributed by atoms with Crippen LogP contribution in [0.3, 0.4) is 0 Å². The number of likely N-dealkylation sites (N-methyl/N-ethyl adjacent to an activating group) is 1. The predicted octanol–water partition coefficient (Wildman–Crippen LogP) is 17.5. The van der Waals surface area contributed by atoms with Crippen molar-refractivity contribution >= 4 is 19.8 Å². The van der Waals surface area contributed by atoms with Gasteiger partial charge in [0.1, 0.15) is 19.8 Å². The summed E-state index contributed by atoms with van der Waals surface area (Å²) in [5, 5.41) is 0. The second kappa shape index (κ2) is 53.2. The van der Waals surface area contributed by atoms with Gasteiger partial charge in [0.15, 0.2) is 6.10 Å². The SMILES string of the molecule is CC/C=C\C/C=C\C/C=C\C/C=C\C/C=C\C/C=C\C/C=C\C/C=C\C/C=C\CCCC(=O)OC(COC(=O)CCCCCCC/C=C\C/C=C\C/C=C\C/C=C\C/C=C\CC)COP(=O)(O)OCC[N+](C)(C)C. The number of hydrogen-bond acceptors (Lipinski definition) is 7. The highest BCUT2D eigenvalue weighted by Gasteiger charge is 2.27. The van der Waals surface area contributed by atoms with Crippen LogP contribution in [0.2, 0.25) is 0 Å². The van der Waals surface area contributed by atoms with Crippen molar-refractivity contribution in [1.82, 2.24) is 0 Å². The van der Waals surface area contributed by atoms with Crippen molar-refractivity contribution in [2.45, 2.75) is 174 Å². The lowest BCUT2D eigenvalue weighted by Crippen LogP contribution is -2.37. The molecule has 0 spiro atoms. The first kappa shape index (κ1) is 69.4. The summed E-state index contributed by atoms with van der Waals surface area (Å²) >= 11 is 0. The molecule has 0 saturated carbocycles. The average Bonchev–Trinajstić information content (AvgIpc) is 3.36. The summed E-state index contributed by atoms with van der Waals surface area (Å²) < 4.78 is 34.4. The van der Waals surface area contributed by atoms with E-state index in [0.29, 0.717) is 30.3 Å². The van der Waals surface area contributed by atoms with Gasteiger partial charge in [-0.05, 0) is 122 Å². The van der Waals surface area contributed by atoms with Crippen LogP contribution < -0.4 is 0 Å². The van der Waals surface area contributed by atoms with Crippen molar-refractivity contribution in [3.63, 3.8) is 0 Å². The van der Waals surface area contributed by atoms with Crippen LogP contribution in [0, 0.1) is 0 Å². The summed E-state index contributed by atoms with van der Waals surface area (Å²) in [6, 6.07) is 0. The number of unbranched alkanes of at least 4 members (excludes halogenated alkanes) is 6. The maximum atomic E-state index is 12.8. The number of allylic oxidation sites excluding steroid dienone is 28. The van der Waals surface area contributed by atoms with E-state index in [1.54, 1.807) is 0 Å². The first-order valence-corrected chi connectivity index (χ1v) is 29.4. The van der Waals surface area contributed by atoms with E-state index in [9.17, 15) is 19.0 Å². The maximum absolute atomic E-state index is 12.8. The first-order valence-electron chi connectivity index (χ1n) is 27.9. The minimum Gasteiger partial charge on any atom is -0.462 e. The van der Waals surface area contributed by atoms with Crippen molar-refractivity contribution in [3.05, 3.63) is 170 Å². The fraction of sp³-hybridized carbons (Fsp3) is 0.531. The molecule has 0 aromatic heterocycles. The highest BCUT2D eigenvalue weighted by molar-refractivity contribution is 7.47. The molecule has 10 heteroatoms. The zero-order valence-corrected chi connectivity index (χ0v) is 47.6. The molecule has 0 aromatic rings. The number of ether oxygens (including phenoxy) is 2. The van der Waals surface area contributed by atoms with Crippen LogP contribution in [0.5, 0.6) is 0 Å². The lowest BCUT2D eigenvalue weighted by molar-refractivity contribution is -0.870. The third-order valence-corrected chi connectivity index (χ3v) is 11.7. The molecule has 0 amide bonds. The zero-order chi connectivity index (χ0) is 54.2. The molecular formula is C64H101NO8P+. The summed E-state index contributed by atoms with van der Waals surface area (Å²) in [5.41, 5.74) is 0. The number of quaternary nitrogens is 1. The Morgan fingerprint density at radius 2 is 0.743 bits per heavy atom. The number of rotatable bonds is 48. The Morgan fingerprint density at radius 1 is 0.419 bits per heavy atom. The maximum Gasteiger partial charge on any atom is 0.472 e. The summed E-state index contributed by atoms with van der Waals surface area (Å²) in [5.74, 6) is -0.908. The average molecular weight is 1040 g/mol. The molecule has 2 unspecified atom stereocenters. The van der Waals surface area contributed by atoms with E-state index >= 15 is 0 Å². The molecule has 1 N–H and O–H groups in total. The summed E-state index contributed by atoms with van der Waals surface area (Å²) in [6.07, 6.45) is 81.4. The van der Waals surface area contributed by atoms with Crippen LogP contribution in [0.1, 0.15) is 168 Å². The number of phosphoric acid groups is 1. The van der Waals surface area contributed by atoms with E-state index in [0.717, 1.165) is 122 Å².